The van der Waals surface area contributed by atoms with Gasteiger partial charge in [0.15, 0.2) is 11.6 Å². The number of hydrogen-bond acceptors (Lipinski definition) is 18. The summed E-state index contributed by atoms with van der Waals surface area (Å²) in [6.07, 6.45) is 20.4. The Morgan fingerprint density at radius 3 is 1.12 bits per heavy atom. The molecule has 20 heteroatoms. The number of piperidine rings is 3. The average molecular weight is 1480 g/mol. The minimum atomic E-state index is -0.694. The van der Waals surface area contributed by atoms with Crippen molar-refractivity contribution in [1.29, 1.82) is 0 Å². The van der Waals surface area contributed by atoms with E-state index in [9.17, 15) is 5.11 Å². The fourth-order valence-corrected chi connectivity index (χ4v) is 16.3. The lowest BCUT2D eigenvalue weighted by atomic mass is 9.63. The van der Waals surface area contributed by atoms with Crippen LogP contribution in [0.3, 0.4) is 0 Å². The van der Waals surface area contributed by atoms with Gasteiger partial charge in [-0.25, -0.2) is 29.9 Å². The summed E-state index contributed by atoms with van der Waals surface area (Å²) in [5, 5.41) is 25.6. The van der Waals surface area contributed by atoms with E-state index in [-0.39, 0.29) is 76.1 Å². The van der Waals surface area contributed by atoms with Crippen molar-refractivity contribution in [3.05, 3.63) is 137 Å². The summed E-state index contributed by atoms with van der Waals surface area (Å²) >= 11 is 0. The molecule has 0 unspecified atom stereocenters. The van der Waals surface area contributed by atoms with Crippen molar-refractivity contribution in [2.24, 2.45) is 5.73 Å². The second-order valence-electron chi connectivity index (χ2n) is 35.4. The zero-order valence-corrected chi connectivity index (χ0v) is 67.8. The van der Waals surface area contributed by atoms with Gasteiger partial charge in [-0.15, -0.1) is 31.4 Å². The smallest absolute Gasteiger partial charge is 0.225 e. The molecule has 3 aromatic carbocycles. The van der Waals surface area contributed by atoms with Gasteiger partial charge in [0.05, 0.1) is 49.1 Å². The number of rotatable bonds is 14. The molecule has 3 atom stereocenters. The number of nitrogens with one attached hydrogen (secondary N) is 2. The molecular weight excluding hydrogens is 1360 g/mol. The van der Waals surface area contributed by atoms with E-state index >= 15 is 0 Å². The quantitative estimate of drug-likeness (QED) is 0.0641. The summed E-state index contributed by atoms with van der Waals surface area (Å²) in [7, 11) is 0. The van der Waals surface area contributed by atoms with E-state index in [4.69, 9.17) is 44.7 Å². The van der Waals surface area contributed by atoms with Crippen LogP contribution < -0.4 is 31.1 Å². The highest BCUT2D eigenvalue weighted by atomic mass is 35.5. The number of aromatic nitrogens is 6. The maximum absolute atomic E-state index is 9.55. The monoisotopic (exact) mass is 1480 g/mol. The standard InChI is InChI=1S/C29H42N4O2.C26H38N4O2.C23H32N4.C7H12O2.2ClH/c1-27(2)12-13-28(3,4)24-17-20(7-8-23(24)27)25-9-14-30-26(32-25)33-15-10-21(11-16-33)31-18-22-19-34-29(5,6)35-22;1-25(2)10-11-26(3,4)22-15-18(5-6-21(22)25)23-7-12-27-24(29-23)30-13-8-19(9-14-30)28-16-20(32)17-31;1-22(2)10-11-23(3,4)19-15-16(5-6-18(19)22)20-7-12-25-21(26-20)27-13-8-17(24)9-14-27;1-4-6-5-8-7(2,3)9-6;;/h7-9,14,17,21-22,31H,10-13,15-16,18-19H2,1-6H3;5-7,12,15,19-20,28,31-32H,8-11,13-14,16-17H2,1-4H3;5-7,12,15,17H,8-11,13-14,24H2,1-4H3;4,6H,1,5H2,2-3H3;2*1H/t22-;20-;;6-;;/m00.0../s1. The Morgan fingerprint density at radius 2 is 0.810 bits per heavy atom. The molecule has 6 aromatic rings. The molecule has 0 spiro atoms. The number of ether oxygens (including phenoxy) is 4. The second-order valence-corrected chi connectivity index (χ2v) is 35.4. The van der Waals surface area contributed by atoms with Gasteiger partial charge in [-0.1, -0.05) is 126 Å². The first-order valence-electron chi connectivity index (χ1n) is 38.6. The van der Waals surface area contributed by atoms with Gasteiger partial charge in [0.1, 0.15) is 6.10 Å². The number of fused-ring (bicyclic) bond motifs is 3. The largest absolute Gasteiger partial charge is 0.394 e. The first-order valence-corrected chi connectivity index (χ1v) is 38.6. The number of nitrogens with zero attached hydrogens (tertiary/aromatic N) is 9. The van der Waals surface area contributed by atoms with Gasteiger partial charge in [-0.2, -0.15) is 0 Å². The highest BCUT2D eigenvalue weighted by molar-refractivity contribution is 5.85. The molecule has 8 heterocycles. The van der Waals surface area contributed by atoms with Gasteiger partial charge >= 0.3 is 0 Å². The fourth-order valence-electron chi connectivity index (χ4n) is 16.3. The van der Waals surface area contributed by atoms with Gasteiger partial charge in [-0.05, 0) is 207 Å². The second kappa shape index (κ2) is 34.0. The van der Waals surface area contributed by atoms with Crippen molar-refractivity contribution in [2.75, 3.05) is 86.9 Å². The summed E-state index contributed by atoms with van der Waals surface area (Å²) in [6.45, 7) is 47.7. The first-order chi connectivity index (χ1) is 48.6. The maximum Gasteiger partial charge on any atom is 0.225 e. The van der Waals surface area contributed by atoms with Crippen LogP contribution in [0, 0.1) is 0 Å². The summed E-state index contributed by atoms with van der Waals surface area (Å²) < 4.78 is 22.2. The number of halogens is 2. The summed E-state index contributed by atoms with van der Waals surface area (Å²) in [5.41, 5.74) is 22.7. The van der Waals surface area contributed by atoms with Crippen LogP contribution in [-0.4, -0.2) is 160 Å². The Bertz CT molecular complexity index is 3860. The third-order valence-corrected chi connectivity index (χ3v) is 23.6. The summed E-state index contributed by atoms with van der Waals surface area (Å²) in [5.74, 6) is 1.60. The Balaban J connectivity index is 0.000000171. The molecule has 5 aliphatic heterocycles. The molecule has 5 fully saturated rings. The number of aliphatic hydroxyl groups is 2. The molecule has 14 rings (SSSR count). The molecule has 3 aliphatic carbocycles. The van der Waals surface area contributed by atoms with Crippen molar-refractivity contribution in [3.63, 3.8) is 0 Å². The van der Waals surface area contributed by atoms with Gasteiger partial charge in [0.2, 0.25) is 17.8 Å². The van der Waals surface area contributed by atoms with Crippen LogP contribution in [-0.2, 0) is 51.4 Å². The number of anilines is 3. The molecule has 5 saturated heterocycles. The van der Waals surface area contributed by atoms with Crippen molar-refractivity contribution in [2.45, 2.75) is 268 Å². The zero-order chi connectivity index (χ0) is 73.9. The molecule has 18 nitrogen and oxygen atoms in total. The van der Waals surface area contributed by atoms with E-state index < -0.39 is 17.7 Å². The van der Waals surface area contributed by atoms with Crippen molar-refractivity contribution in [3.8, 4) is 33.8 Å². The first kappa shape index (κ1) is 83.3. The summed E-state index contributed by atoms with van der Waals surface area (Å²) in [4.78, 5) is 35.4. The van der Waals surface area contributed by atoms with Gasteiger partial charge in [0.25, 0.3) is 0 Å². The molecule has 8 aliphatic rings. The van der Waals surface area contributed by atoms with E-state index in [0.29, 0.717) is 37.9 Å². The molecule has 105 heavy (non-hydrogen) atoms. The Hall–Kier alpha value is -5.74. The number of benzene rings is 3. The number of aliphatic hydroxyl groups excluding tert-OH is 2. The predicted octanol–water partition coefficient (Wildman–Crippen LogP) is 15.2. The number of hydrogen-bond donors (Lipinski definition) is 5. The van der Waals surface area contributed by atoms with Crippen LogP contribution in [0.1, 0.15) is 221 Å². The molecule has 3 aromatic heterocycles. The average Bonchev–Trinajstić information content (AvgIpc) is 1.49. The number of nitrogens with two attached hydrogens (primary N) is 1. The van der Waals surface area contributed by atoms with Crippen molar-refractivity contribution in [1.82, 2.24) is 40.5 Å². The molecule has 0 radical (unpaired) electrons. The topological polar surface area (TPSA) is 215 Å². The molecule has 6 N–H and O–H groups in total. The third kappa shape index (κ3) is 20.6. The third-order valence-electron chi connectivity index (χ3n) is 23.6. The van der Waals surface area contributed by atoms with E-state index in [2.05, 4.69) is 185 Å². The molecular formula is C85H126Cl2N12O6. The lowest BCUT2D eigenvalue weighted by Gasteiger charge is -2.42. The molecule has 0 amide bonds. The fraction of sp³-hybridized carbons (Fsp3) is 0.624. The van der Waals surface area contributed by atoms with Gasteiger partial charge in [0, 0.05) is 106 Å². The van der Waals surface area contributed by atoms with Crippen LogP contribution in [0.5, 0.6) is 0 Å². The van der Waals surface area contributed by atoms with Crippen LogP contribution in [0.15, 0.2) is 104 Å². The zero-order valence-electron chi connectivity index (χ0n) is 66.1. The van der Waals surface area contributed by atoms with Gasteiger partial charge < -0.3 is 60.2 Å². The van der Waals surface area contributed by atoms with Crippen LogP contribution in [0.4, 0.5) is 17.8 Å². The Labute approximate surface area is 640 Å². The van der Waals surface area contributed by atoms with E-state index in [1.54, 1.807) is 6.08 Å². The predicted molar refractivity (Wildman–Crippen MR) is 432 cm³/mol. The highest BCUT2D eigenvalue weighted by Crippen LogP contribution is 2.50. The van der Waals surface area contributed by atoms with Crippen LogP contribution in [0.25, 0.3) is 33.8 Å². The minimum absolute atomic E-state index is 0. The van der Waals surface area contributed by atoms with Gasteiger partial charge in [-0.3, -0.25) is 0 Å². The van der Waals surface area contributed by atoms with Crippen LogP contribution in [0.2, 0.25) is 0 Å². The maximum atomic E-state index is 9.55. The van der Waals surface area contributed by atoms with E-state index in [1.165, 1.54) is 83.0 Å². The van der Waals surface area contributed by atoms with Crippen molar-refractivity contribution >= 4 is 42.7 Å². The lowest BCUT2D eigenvalue weighted by Crippen LogP contribution is -2.45. The molecule has 0 bridgehead atoms. The SMILES string of the molecule is C=C[C@H]1COC(C)(C)O1.CC1(C)CCC(C)(C)c2cc(-c3ccnc(N4CCC(N)CC4)n3)ccc21.CC1(C)CCC(C)(C)c2cc(-c3ccnc(N4CCC(NC[C@H](O)CO)CC4)n3)ccc21.CC1(C)OC[C@H](CNC2CCN(c3nccc(-c4ccc5c(c4)C(C)(C)CCC5(C)C)n3)CC2)O1.Cl.Cl. The highest BCUT2D eigenvalue weighted by Gasteiger charge is 2.41. The molecule has 0 saturated carbocycles. The minimum Gasteiger partial charge on any atom is -0.394 e. The lowest BCUT2D eigenvalue weighted by molar-refractivity contribution is -0.138. The molecule has 576 valence electrons. The van der Waals surface area contributed by atoms with E-state index in [1.807, 2.05) is 64.5 Å². The Morgan fingerprint density at radius 1 is 0.476 bits per heavy atom. The van der Waals surface area contributed by atoms with Crippen molar-refractivity contribution < 1.29 is 29.2 Å². The van der Waals surface area contributed by atoms with E-state index in [0.717, 1.165) is 125 Å². The normalized spacial score (nSPS) is 23.3. The Kier molecular flexibility index (Phi) is 27.0. The van der Waals surface area contributed by atoms with Crippen LogP contribution >= 0.6 is 24.8 Å². The summed E-state index contributed by atoms with van der Waals surface area (Å²) in [6, 6.07) is 28.0.